The molecule has 1 aromatic carbocycles. The molecular weight excluding hydrogens is 212 g/mol. The van der Waals surface area contributed by atoms with Gasteiger partial charge in [-0.15, -0.1) is 0 Å². The Morgan fingerprint density at radius 3 is 2.81 bits per heavy atom. The number of aromatic carboxylic acids is 1. The van der Waals surface area contributed by atoms with Gasteiger partial charge in [-0.25, -0.2) is 9.59 Å². The number of aromatic amines is 1. The summed E-state index contributed by atoms with van der Waals surface area (Å²) >= 11 is 0. The van der Waals surface area contributed by atoms with Gasteiger partial charge >= 0.3 is 12.0 Å². The molecule has 82 valence electrons. The van der Waals surface area contributed by atoms with Crippen molar-refractivity contribution < 1.29 is 14.7 Å². The van der Waals surface area contributed by atoms with E-state index in [0.29, 0.717) is 10.9 Å². The van der Waals surface area contributed by atoms with Crippen molar-refractivity contribution >= 4 is 28.7 Å². The summed E-state index contributed by atoms with van der Waals surface area (Å²) in [5.41, 5.74) is 5.68. The van der Waals surface area contributed by atoms with Crippen LogP contribution in [-0.2, 0) is 0 Å². The van der Waals surface area contributed by atoms with E-state index in [9.17, 15) is 9.59 Å². The predicted octanol–water partition coefficient (Wildman–Crippen LogP) is 0.752. The first-order valence-electron chi connectivity index (χ1n) is 4.36. The van der Waals surface area contributed by atoms with E-state index in [4.69, 9.17) is 10.8 Å². The van der Waals surface area contributed by atoms with Crippen molar-refractivity contribution in [2.24, 2.45) is 5.73 Å². The lowest BCUT2D eigenvalue weighted by Gasteiger charge is -1.98. The van der Waals surface area contributed by atoms with Crippen LogP contribution in [0.15, 0.2) is 18.2 Å². The summed E-state index contributed by atoms with van der Waals surface area (Å²) < 4.78 is 0. The van der Waals surface area contributed by atoms with Crippen LogP contribution in [0, 0.1) is 0 Å². The second-order valence-electron chi connectivity index (χ2n) is 3.13. The van der Waals surface area contributed by atoms with Crippen molar-refractivity contribution in [3.8, 4) is 0 Å². The number of primary amides is 1. The maximum absolute atomic E-state index is 10.8. The highest BCUT2D eigenvalue weighted by Gasteiger charge is 2.10. The van der Waals surface area contributed by atoms with Crippen molar-refractivity contribution in [1.82, 2.24) is 10.2 Å². The molecule has 0 radical (unpaired) electrons. The number of nitrogens with one attached hydrogen (secondary N) is 2. The largest absolute Gasteiger partial charge is 0.478 e. The number of hydrogen-bond donors (Lipinski definition) is 4. The van der Waals surface area contributed by atoms with Gasteiger partial charge in [-0.3, -0.25) is 10.4 Å². The minimum absolute atomic E-state index is 0.112. The third kappa shape index (κ3) is 1.65. The molecule has 7 heteroatoms. The molecule has 0 bridgehead atoms. The van der Waals surface area contributed by atoms with Gasteiger partial charge in [0.25, 0.3) is 0 Å². The minimum Gasteiger partial charge on any atom is -0.478 e. The fraction of sp³-hybridized carbons (Fsp3) is 0. The standard InChI is InChI=1S/C9H8N4O3/c10-9(16)11-7-5-3-4(8(14)15)1-2-6(5)12-13-7/h1-3H,(H,14,15)(H4,10,11,12,13,16). The lowest BCUT2D eigenvalue weighted by atomic mass is 10.1. The Morgan fingerprint density at radius 2 is 2.19 bits per heavy atom. The molecule has 1 aromatic heterocycles. The quantitative estimate of drug-likeness (QED) is 0.596. The van der Waals surface area contributed by atoms with Crippen LogP contribution in [0.5, 0.6) is 0 Å². The number of hydrogen-bond acceptors (Lipinski definition) is 3. The number of nitrogens with zero attached hydrogens (tertiary/aromatic N) is 1. The van der Waals surface area contributed by atoms with Crippen molar-refractivity contribution in [3.05, 3.63) is 23.8 Å². The molecule has 0 aliphatic heterocycles. The Hall–Kier alpha value is -2.57. The number of benzene rings is 1. The molecule has 0 saturated carbocycles. The Balaban J connectivity index is 2.55. The summed E-state index contributed by atoms with van der Waals surface area (Å²) in [5.74, 6) is -0.835. The van der Waals surface area contributed by atoms with Gasteiger partial charge in [-0.2, -0.15) is 5.10 Å². The number of carboxylic acid groups (broad SMARTS) is 1. The lowest BCUT2D eigenvalue weighted by molar-refractivity contribution is 0.0697. The smallest absolute Gasteiger partial charge is 0.335 e. The van der Waals surface area contributed by atoms with Crippen LogP contribution in [0.3, 0.4) is 0 Å². The molecule has 5 N–H and O–H groups in total. The number of carbonyl (C=O) groups is 2. The number of aromatic nitrogens is 2. The van der Waals surface area contributed by atoms with E-state index in [1.807, 2.05) is 0 Å². The maximum Gasteiger partial charge on any atom is 0.335 e. The van der Waals surface area contributed by atoms with Gasteiger partial charge in [0, 0.05) is 5.39 Å². The van der Waals surface area contributed by atoms with E-state index < -0.39 is 12.0 Å². The highest BCUT2D eigenvalue weighted by molar-refractivity contribution is 6.01. The van der Waals surface area contributed by atoms with E-state index in [-0.39, 0.29) is 11.4 Å². The van der Waals surface area contributed by atoms with Crippen LogP contribution in [0.2, 0.25) is 0 Å². The van der Waals surface area contributed by atoms with Crippen molar-refractivity contribution in [2.45, 2.75) is 0 Å². The Bertz CT molecular complexity index is 575. The summed E-state index contributed by atoms with van der Waals surface area (Å²) in [6.07, 6.45) is 0. The molecule has 2 amide bonds. The summed E-state index contributed by atoms with van der Waals surface area (Å²) in [7, 11) is 0. The first kappa shape index (κ1) is 9.97. The summed E-state index contributed by atoms with van der Waals surface area (Å²) in [6.45, 7) is 0. The van der Waals surface area contributed by atoms with Crippen LogP contribution >= 0.6 is 0 Å². The maximum atomic E-state index is 10.8. The van der Waals surface area contributed by atoms with Crippen LogP contribution < -0.4 is 11.1 Å². The van der Waals surface area contributed by atoms with E-state index in [0.717, 1.165) is 0 Å². The average Bonchev–Trinajstić information content (AvgIpc) is 2.60. The number of carboxylic acids is 1. The molecule has 1 heterocycles. The van der Waals surface area contributed by atoms with Gasteiger partial charge in [-0.1, -0.05) is 0 Å². The van der Waals surface area contributed by atoms with Gasteiger partial charge in [0.2, 0.25) is 0 Å². The van der Waals surface area contributed by atoms with Gasteiger partial charge in [-0.05, 0) is 18.2 Å². The van der Waals surface area contributed by atoms with Gasteiger partial charge in [0.05, 0.1) is 11.1 Å². The second kappa shape index (κ2) is 3.54. The van der Waals surface area contributed by atoms with Crippen LogP contribution in [0.1, 0.15) is 10.4 Å². The number of nitrogens with two attached hydrogens (primary N) is 1. The van der Waals surface area contributed by atoms with Gasteiger partial charge in [0.15, 0.2) is 5.82 Å². The Morgan fingerprint density at radius 1 is 1.44 bits per heavy atom. The molecule has 0 unspecified atom stereocenters. The second-order valence-corrected chi connectivity index (χ2v) is 3.13. The van der Waals surface area contributed by atoms with Crippen LogP contribution in [0.25, 0.3) is 10.9 Å². The van der Waals surface area contributed by atoms with E-state index in [1.165, 1.54) is 12.1 Å². The highest BCUT2D eigenvalue weighted by atomic mass is 16.4. The fourth-order valence-corrected chi connectivity index (χ4v) is 1.36. The predicted molar refractivity (Wildman–Crippen MR) is 56.3 cm³/mol. The highest BCUT2D eigenvalue weighted by Crippen LogP contribution is 2.21. The molecule has 7 nitrogen and oxygen atoms in total. The zero-order valence-electron chi connectivity index (χ0n) is 8.02. The normalized spacial score (nSPS) is 10.2. The Kier molecular flexibility index (Phi) is 2.20. The van der Waals surface area contributed by atoms with Crippen molar-refractivity contribution in [2.75, 3.05) is 5.32 Å². The number of H-pyrrole nitrogens is 1. The topological polar surface area (TPSA) is 121 Å². The Labute approximate surface area is 89.2 Å². The first-order valence-corrected chi connectivity index (χ1v) is 4.36. The molecule has 0 spiro atoms. The van der Waals surface area contributed by atoms with E-state index >= 15 is 0 Å². The summed E-state index contributed by atoms with van der Waals surface area (Å²) in [5, 5.41) is 18.1. The summed E-state index contributed by atoms with van der Waals surface area (Å²) in [4.78, 5) is 21.4. The molecule has 16 heavy (non-hydrogen) atoms. The fourth-order valence-electron chi connectivity index (χ4n) is 1.36. The van der Waals surface area contributed by atoms with Crippen LogP contribution in [0.4, 0.5) is 10.6 Å². The zero-order valence-corrected chi connectivity index (χ0v) is 8.02. The van der Waals surface area contributed by atoms with Crippen molar-refractivity contribution in [3.63, 3.8) is 0 Å². The minimum atomic E-state index is -1.05. The molecule has 0 atom stereocenters. The summed E-state index contributed by atoms with van der Waals surface area (Å²) in [6, 6.07) is 3.66. The number of rotatable bonds is 2. The number of anilines is 1. The van der Waals surface area contributed by atoms with E-state index in [2.05, 4.69) is 15.5 Å². The molecule has 2 aromatic rings. The van der Waals surface area contributed by atoms with Gasteiger partial charge < -0.3 is 10.8 Å². The number of fused-ring (bicyclic) bond motifs is 1. The number of carbonyl (C=O) groups excluding carboxylic acids is 1. The third-order valence-electron chi connectivity index (χ3n) is 2.05. The molecular formula is C9H8N4O3. The van der Waals surface area contributed by atoms with Crippen molar-refractivity contribution in [1.29, 1.82) is 0 Å². The molecule has 0 saturated heterocycles. The first-order chi connectivity index (χ1) is 7.58. The lowest BCUT2D eigenvalue weighted by Crippen LogP contribution is -2.19. The number of urea groups is 1. The van der Waals surface area contributed by atoms with Gasteiger partial charge in [0.1, 0.15) is 0 Å². The average molecular weight is 220 g/mol. The monoisotopic (exact) mass is 220 g/mol. The SMILES string of the molecule is NC(=O)Nc1n[nH]c2ccc(C(=O)O)cc12. The zero-order chi connectivity index (χ0) is 11.7. The number of amides is 2. The van der Waals surface area contributed by atoms with Crippen LogP contribution in [-0.4, -0.2) is 27.3 Å². The molecule has 2 rings (SSSR count). The molecule has 0 aliphatic rings. The third-order valence-corrected chi connectivity index (χ3v) is 2.05. The molecule has 0 aliphatic carbocycles. The van der Waals surface area contributed by atoms with E-state index in [1.54, 1.807) is 6.07 Å². The molecule has 0 fully saturated rings.